The molecule has 2 heterocycles. The summed E-state index contributed by atoms with van der Waals surface area (Å²) in [5.74, 6) is -0.340. The van der Waals surface area contributed by atoms with Gasteiger partial charge in [-0.2, -0.15) is 0 Å². The zero-order chi connectivity index (χ0) is 23.2. The van der Waals surface area contributed by atoms with E-state index in [9.17, 15) is 4.79 Å². The van der Waals surface area contributed by atoms with Gasteiger partial charge in [-0.15, -0.1) is 11.3 Å². The van der Waals surface area contributed by atoms with Gasteiger partial charge in [-0.25, -0.2) is 4.79 Å². The van der Waals surface area contributed by atoms with Gasteiger partial charge in [-0.05, 0) is 48.5 Å². The van der Waals surface area contributed by atoms with Crippen LogP contribution >= 0.6 is 35.2 Å². The molecule has 1 N–H and O–H groups in total. The highest BCUT2D eigenvalue weighted by atomic mass is 35.5. The first-order chi connectivity index (χ1) is 16.0. The molecule has 3 aromatic rings. The lowest BCUT2D eigenvalue weighted by Crippen LogP contribution is -2.49. The van der Waals surface area contributed by atoms with Crippen LogP contribution in [-0.2, 0) is 11.3 Å². The molecule has 2 aromatic carbocycles. The number of ether oxygens (including phenoxy) is 1. The first-order valence-corrected chi connectivity index (χ1v) is 12.5. The predicted octanol–water partition coefficient (Wildman–Crippen LogP) is 5.76. The SMILES string of the molecule is CCOC(=O)c1cc(-c2ccccc2)sc1NC(=S)N1CCN(Cc2cccc(Cl)c2)CC1. The molecule has 4 rings (SSSR count). The second-order valence-electron chi connectivity index (χ2n) is 7.76. The molecular formula is C25H26ClN3O2S2. The standard InChI is InChI=1S/C25H26ClN3O2S2/c1-2-31-24(30)21-16-22(19-8-4-3-5-9-19)33-23(21)27-25(32)29-13-11-28(12-14-29)17-18-7-6-10-20(26)15-18/h3-10,15-16H,2,11-14,17H2,1H3,(H,27,32). The average molecular weight is 500 g/mol. The Kier molecular flexibility index (Phi) is 7.98. The Morgan fingerprint density at radius 2 is 1.85 bits per heavy atom. The number of nitrogens with zero attached hydrogens (tertiary/aromatic N) is 2. The van der Waals surface area contributed by atoms with Crippen molar-refractivity contribution in [2.75, 3.05) is 38.1 Å². The summed E-state index contributed by atoms with van der Waals surface area (Å²) in [6.07, 6.45) is 0. The number of anilines is 1. The van der Waals surface area contributed by atoms with E-state index in [4.69, 9.17) is 28.6 Å². The molecule has 5 nitrogen and oxygen atoms in total. The zero-order valence-corrected chi connectivity index (χ0v) is 20.8. The number of halogens is 1. The number of thiocarbonyl (C=S) groups is 1. The van der Waals surface area contributed by atoms with Crippen molar-refractivity contribution in [2.24, 2.45) is 0 Å². The molecular weight excluding hydrogens is 474 g/mol. The van der Waals surface area contributed by atoms with Gasteiger partial charge in [0.15, 0.2) is 5.11 Å². The van der Waals surface area contributed by atoms with Crippen LogP contribution in [0.25, 0.3) is 10.4 Å². The summed E-state index contributed by atoms with van der Waals surface area (Å²) in [7, 11) is 0. The number of thiophene rings is 1. The molecule has 1 saturated heterocycles. The Balaban J connectivity index is 1.41. The maximum atomic E-state index is 12.6. The summed E-state index contributed by atoms with van der Waals surface area (Å²) in [5.41, 5.74) is 2.78. The lowest BCUT2D eigenvalue weighted by atomic mass is 10.1. The largest absolute Gasteiger partial charge is 0.462 e. The Labute approximate surface area is 208 Å². The summed E-state index contributed by atoms with van der Waals surface area (Å²) in [5, 5.41) is 5.43. The summed E-state index contributed by atoms with van der Waals surface area (Å²) in [4.78, 5) is 18.1. The minimum atomic E-state index is -0.340. The molecule has 33 heavy (non-hydrogen) atoms. The van der Waals surface area contributed by atoms with E-state index in [-0.39, 0.29) is 5.97 Å². The molecule has 0 unspecified atom stereocenters. The van der Waals surface area contributed by atoms with Crippen molar-refractivity contribution in [1.29, 1.82) is 0 Å². The third-order valence-corrected chi connectivity index (χ3v) is 7.16. The molecule has 0 saturated carbocycles. The molecule has 0 amide bonds. The molecule has 0 spiro atoms. The van der Waals surface area contributed by atoms with E-state index in [1.807, 2.05) is 61.5 Å². The van der Waals surface area contributed by atoms with Gasteiger partial charge in [-0.1, -0.05) is 54.1 Å². The van der Waals surface area contributed by atoms with Crippen LogP contribution < -0.4 is 5.32 Å². The molecule has 1 fully saturated rings. The smallest absolute Gasteiger partial charge is 0.341 e. The van der Waals surface area contributed by atoms with Crippen LogP contribution in [0.1, 0.15) is 22.8 Å². The van der Waals surface area contributed by atoms with E-state index >= 15 is 0 Å². The van der Waals surface area contributed by atoms with Gasteiger partial charge < -0.3 is 15.0 Å². The number of benzene rings is 2. The maximum Gasteiger partial charge on any atom is 0.341 e. The molecule has 0 radical (unpaired) electrons. The zero-order valence-electron chi connectivity index (χ0n) is 18.4. The van der Waals surface area contributed by atoms with Gasteiger partial charge in [0.1, 0.15) is 5.00 Å². The summed E-state index contributed by atoms with van der Waals surface area (Å²) in [6, 6.07) is 19.9. The van der Waals surface area contributed by atoms with Crippen molar-refractivity contribution >= 4 is 51.2 Å². The Morgan fingerprint density at radius 1 is 1.09 bits per heavy atom. The van der Waals surface area contributed by atoms with Crippen molar-refractivity contribution in [3.8, 4) is 10.4 Å². The number of carbonyl (C=O) groups is 1. The van der Waals surface area contributed by atoms with Crippen molar-refractivity contribution in [1.82, 2.24) is 9.80 Å². The first kappa shape index (κ1) is 23.7. The number of esters is 1. The Morgan fingerprint density at radius 3 is 2.55 bits per heavy atom. The molecule has 1 aromatic heterocycles. The average Bonchev–Trinajstić information content (AvgIpc) is 3.24. The van der Waals surface area contributed by atoms with Gasteiger partial charge in [0.2, 0.25) is 0 Å². The minimum Gasteiger partial charge on any atom is -0.462 e. The van der Waals surface area contributed by atoms with E-state index in [0.717, 1.165) is 53.2 Å². The van der Waals surface area contributed by atoms with Gasteiger partial charge >= 0.3 is 5.97 Å². The fraction of sp³-hybridized carbons (Fsp3) is 0.280. The molecule has 1 aliphatic heterocycles. The summed E-state index contributed by atoms with van der Waals surface area (Å²) >= 11 is 13.3. The van der Waals surface area contributed by atoms with Crippen LogP contribution in [0.4, 0.5) is 5.00 Å². The van der Waals surface area contributed by atoms with Crippen LogP contribution in [0.5, 0.6) is 0 Å². The number of carbonyl (C=O) groups excluding carboxylic acids is 1. The number of hydrogen-bond donors (Lipinski definition) is 1. The summed E-state index contributed by atoms with van der Waals surface area (Å²) in [6.45, 7) is 6.44. The van der Waals surface area contributed by atoms with Gasteiger partial charge in [-0.3, -0.25) is 4.90 Å². The summed E-state index contributed by atoms with van der Waals surface area (Å²) < 4.78 is 5.28. The topological polar surface area (TPSA) is 44.8 Å². The normalized spacial score (nSPS) is 14.2. The van der Waals surface area contributed by atoms with Crippen molar-refractivity contribution < 1.29 is 9.53 Å². The van der Waals surface area contributed by atoms with Crippen LogP contribution in [-0.4, -0.2) is 53.7 Å². The highest BCUT2D eigenvalue weighted by Gasteiger charge is 2.23. The van der Waals surface area contributed by atoms with Crippen LogP contribution in [0, 0.1) is 0 Å². The molecule has 0 bridgehead atoms. The lowest BCUT2D eigenvalue weighted by Gasteiger charge is -2.36. The van der Waals surface area contributed by atoms with E-state index < -0.39 is 0 Å². The molecule has 0 atom stereocenters. The molecule has 8 heteroatoms. The van der Waals surface area contributed by atoms with Gasteiger partial charge in [0, 0.05) is 42.6 Å². The fourth-order valence-corrected chi connectivity index (χ4v) is 5.38. The Hall–Kier alpha value is -2.45. The number of nitrogens with one attached hydrogen (secondary N) is 1. The molecule has 1 aliphatic rings. The van der Waals surface area contributed by atoms with E-state index in [0.29, 0.717) is 17.3 Å². The van der Waals surface area contributed by atoms with Crippen LogP contribution in [0.2, 0.25) is 5.02 Å². The van der Waals surface area contributed by atoms with Crippen LogP contribution in [0.15, 0.2) is 60.7 Å². The van der Waals surface area contributed by atoms with Gasteiger partial charge in [0.25, 0.3) is 0 Å². The van der Waals surface area contributed by atoms with Crippen molar-refractivity contribution in [3.63, 3.8) is 0 Å². The van der Waals surface area contributed by atoms with Crippen molar-refractivity contribution in [2.45, 2.75) is 13.5 Å². The fourth-order valence-electron chi connectivity index (χ4n) is 3.77. The molecule has 172 valence electrons. The van der Waals surface area contributed by atoms with E-state index in [2.05, 4.69) is 21.2 Å². The lowest BCUT2D eigenvalue weighted by molar-refractivity contribution is 0.0528. The highest BCUT2D eigenvalue weighted by Crippen LogP contribution is 2.36. The highest BCUT2D eigenvalue weighted by molar-refractivity contribution is 7.80. The third-order valence-electron chi connectivity index (χ3n) is 5.46. The van der Waals surface area contributed by atoms with Gasteiger partial charge in [0.05, 0.1) is 12.2 Å². The molecule has 0 aliphatic carbocycles. The number of hydrogen-bond acceptors (Lipinski definition) is 5. The van der Waals surface area contributed by atoms with Crippen molar-refractivity contribution in [3.05, 3.63) is 76.8 Å². The monoisotopic (exact) mass is 499 g/mol. The second-order valence-corrected chi connectivity index (χ2v) is 9.64. The predicted molar refractivity (Wildman–Crippen MR) is 140 cm³/mol. The van der Waals surface area contributed by atoms with Crippen LogP contribution in [0.3, 0.4) is 0 Å². The minimum absolute atomic E-state index is 0.327. The third kappa shape index (κ3) is 6.12. The quantitative estimate of drug-likeness (QED) is 0.343. The second kappa shape index (κ2) is 11.1. The number of rotatable bonds is 6. The maximum absolute atomic E-state index is 12.6. The number of piperazine rings is 1. The first-order valence-electron chi connectivity index (χ1n) is 10.9. The van der Waals surface area contributed by atoms with E-state index in [1.54, 1.807) is 0 Å². The Bertz CT molecular complexity index is 1110. The van der Waals surface area contributed by atoms with E-state index in [1.165, 1.54) is 16.9 Å².